The molecule has 5 heteroatoms. The number of carboxylic acids is 1. The lowest BCUT2D eigenvalue weighted by atomic mass is 9.90. The van der Waals surface area contributed by atoms with E-state index in [0.29, 0.717) is 22.5 Å². The van der Waals surface area contributed by atoms with E-state index in [2.05, 4.69) is 0 Å². The number of rotatable bonds is 4. The Bertz CT molecular complexity index is 1490. The first-order valence-electron chi connectivity index (χ1n) is 10.1. The quantitative estimate of drug-likeness (QED) is 0.359. The topological polar surface area (TPSA) is 70.8 Å². The molecule has 3 aromatic carbocycles. The average molecular weight is 421 g/mol. The summed E-state index contributed by atoms with van der Waals surface area (Å²) in [6.45, 7) is 0. The van der Waals surface area contributed by atoms with Crippen molar-refractivity contribution in [3.05, 3.63) is 107 Å². The van der Waals surface area contributed by atoms with Gasteiger partial charge in [-0.25, -0.2) is 4.79 Å². The molecule has 0 aromatic heterocycles. The molecule has 0 saturated carbocycles. The first-order chi connectivity index (χ1) is 15.5. The lowest BCUT2D eigenvalue weighted by Crippen LogP contribution is -2.09. The molecule has 2 aliphatic rings. The largest absolute Gasteiger partial charge is 0.478 e. The molecule has 5 rings (SSSR count). The van der Waals surface area contributed by atoms with Crippen LogP contribution in [0.2, 0.25) is 0 Å². The number of nitrogens with zero attached hydrogens (tertiary/aromatic N) is 1. The molecule has 0 amide bonds. The molecule has 5 nitrogen and oxygen atoms in total. The van der Waals surface area contributed by atoms with Crippen molar-refractivity contribution in [3.63, 3.8) is 0 Å². The van der Waals surface area contributed by atoms with Crippen LogP contribution < -0.4 is 10.3 Å². The number of benzene rings is 4. The van der Waals surface area contributed by atoms with Crippen LogP contribution in [0.1, 0.15) is 10.4 Å². The van der Waals surface area contributed by atoms with Gasteiger partial charge in [-0.1, -0.05) is 36.4 Å². The summed E-state index contributed by atoms with van der Waals surface area (Å²) in [5.41, 5.74) is 4.51. The highest BCUT2D eigenvalue weighted by molar-refractivity contribution is 6.07. The second kappa shape index (κ2) is 7.71. The zero-order valence-corrected chi connectivity index (χ0v) is 17.3. The highest BCUT2D eigenvalue weighted by atomic mass is 16.4. The minimum Gasteiger partial charge on any atom is -0.478 e. The van der Waals surface area contributed by atoms with Gasteiger partial charge in [-0.2, -0.15) is 0 Å². The lowest BCUT2D eigenvalue weighted by molar-refractivity contribution is 0.0697. The highest BCUT2D eigenvalue weighted by Crippen LogP contribution is 2.42. The molecule has 1 N–H and O–H groups in total. The number of carboxylic acid groups (broad SMARTS) is 1. The Morgan fingerprint density at radius 1 is 0.812 bits per heavy atom. The molecular formula is C27H19NO4. The molecule has 32 heavy (non-hydrogen) atoms. The van der Waals surface area contributed by atoms with E-state index in [1.165, 1.54) is 12.1 Å². The van der Waals surface area contributed by atoms with Crippen LogP contribution in [0.4, 0.5) is 11.4 Å². The van der Waals surface area contributed by atoms with Gasteiger partial charge in [-0.3, -0.25) is 4.79 Å². The normalized spacial score (nSPS) is 11.0. The maximum absolute atomic E-state index is 12.0. The highest BCUT2D eigenvalue weighted by Gasteiger charge is 2.21. The first kappa shape index (κ1) is 19.6. The summed E-state index contributed by atoms with van der Waals surface area (Å²) in [6.07, 6.45) is 0. The third-order valence-corrected chi connectivity index (χ3v) is 5.63. The molecule has 156 valence electrons. The molecule has 1 heterocycles. The van der Waals surface area contributed by atoms with Gasteiger partial charge < -0.3 is 14.4 Å². The Labute approximate surface area is 184 Å². The van der Waals surface area contributed by atoms with Crippen LogP contribution in [-0.4, -0.2) is 18.1 Å². The van der Waals surface area contributed by atoms with Gasteiger partial charge in [0.15, 0.2) is 5.43 Å². The molecule has 0 fully saturated rings. The van der Waals surface area contributed by atoms with Crippen LogP contribution >= 0.6 is 0 Å². The standard InChI is InChI=1S/C27H19NO4/c1-28(17-7-3-2-4-8-17)18-11-13-22-24(15-18)32-25-16-19(29)12-14-23(25)26(22)20-9-5-6-10-21(20)27(30)31/h2-16H,1H3,(H,30,31). The van der Waals surface area contributed by atoms with Crippen LogP contribution in [0.5, 0.6) is 0 Å². The van der Waals surface area contributed by atoms with Crippen LogP contribution in [0, 0.1) is 0 Å². The van der Waals surface area contributed by atoms with Crippen molar-refractivity contribution in [2.24, 2.45) is 0 Å². The third-order valence-electron chi connectivity index (χ3n) is 5.63. The Morgan fingerprint density at radius 3 is 2.34 bits per heavy atom. The summed E-state index contributed by atoms with van der Waals surface area (Å²) >= 11 is 0. The SMILES string of the molecule is CN(c1ccccc1)c1ccc2c(-c3ccccc3C(=O)O)c3ccc(=O)cc-3oc2c1. The van der Waals surface area contributed by atoms with Gasteiger partial charge in [0, 0.05) is 47.1 Å². The molecule has 0 atom stereocenters. The van der Waals surface area contributed by atoms with Crippen molar-refractivity contribution in [2.45, 2.75) is 0 Å². The third kappa shape index (κ3) is 3.30. The number of aromatic carboxylic acids is 1. The molecular weight excluding hydrogens is 402 g/mol. The Balaban J connectivity index is 1.81. The average Bonchev–Trinajstić information content (AvgIpc) is 2.82. The van der Waals surface area contributed by atoms with Gasteiger partial charge >= 0.3 is 5.97 Å². The Morgan fingerprint density at radius 2 is 1.56 bits per heavy atom. The van der Waals surface area contributed by atoms with Crippen molar-refractivity contribution in [3.8, 4) is 22.5 Å². The molecule has 1 aliphatic heterocycles. The smallest absolute Gasteiger partial charge is 0.336 e. The second-order valence-corrected chi connectivity index (χ2v) is 7.56. The fraction of sp³-hybridized carbons (Fsp3) is 0.0370. The summed E-state index contributed by atoms with van der Waals surface area (Å²) < 4.78 is 6.14. The molecule has 0 saturated heterocycles. The predicted molar refractivity (Wildman–Crippen MR) is 126 cm³/mol. The lowest BCUT2D eigenvalue weighted by Gasteiger charge is -2.21. The molecule has 0 unspecified atom stereocenters. The summed E-state index contributed by atoms with van der Waals surface area (Å²) in [4.78, 5) is 26.0. The van der Waals surface area contributed by atoms with E-state index in [4.69, 9.17) is 4.42 Å². The zero-order chi connectivity index (χ0) is 22.2. The maximum Gasteiger partial charge on any atom is 0.336 e. The van der Waals surface area contributed by atoms with E-state index in [0.717, 1.165) is 22.3 Å². The first-order valence-corrected chi connectivity index (χ1v) is 10.1. The molecule has 0 radical (unpaired) electrons. The maximum atomic E-state index is 12.0. The van der Waals surface area contributed by atoms with E-state index < -0.39 is 5.97 Å². The van der Waals surface area contributed by atoms with E-state index in [-0.39, 0.29) is 11.0 Å². The Kier molecular flexibility index (Phi) is 4.71. The minimum atomic E-state index is -1.01. The monoisotopic (exact) mass is 421 g/mol. The van der Waals surface area contributed by atoms with Crippen LogP contribution in [0.15, 0.2) is 100 Å². The van der Waals surface area contributed by atoms with Crippen molar-refractivity contribution in [1.82, 2.24) is 0 Å². The van der Waals surface area contributed by atoms with Gasteiger partial charge in [0.05, 0.1) is 5.56 Å². The van der Waals surface area contributed by atoms with Crippen molar-refractivity contribution in [1.29, 1.82) is 0 Å². The molecule has 3 aromatic rings. The fourth-order valence-electron chi connectivity index (χ4n) is 4.05. The minimum absolute atomic E-state index is 0.171. The number of hydrogen-bond donors (Lipinski definition) is 1. The summed E-state index contributed by atoms with van der Waals surface area (Å²) in [6, 6.07) is 27.2. The van der Waals surface area contributed by atoms with Crippen molar-refractivity contribution in [2.75, 3.05) is 11.9 Å². The number of anilines is 2. The number of fused-ring (bicyclic) bond motifs is 2. The van der Waals surface area contributed by atoms with Gasteiger partial charge in [0.1, 0.15) is 11.3 Å². The number of para-hydroxylation sites is 1. The molecule has 0 spiro atoms. The number of hydrogen-bond acceptors (Lipinski definition) is 4. The summed E-state index contributed by atoms with van der Waals surface area (Å²) in [5, 5.41) is 10.6. The summed E-state index contributed by atoms with van der Waals surface area (Å²) in [7, 11) is 1.97. The number of carbonyl (C=O) groups is 1. The van der Waals surface area contributed by atoms with Gasteiger partial charge in [-0.15, -0.1) is 0 Å². The van der Waals surface area contributed by atoms with Crippen LogP contribution in [0.3, 0.4) is 0 Å². The zero-order valence-electron chi connectivity index (χ0n) is 17.3. The molecule has 1 aliphatic carbocycles. The van der Waals surface area contributed by atoms with Crippen molar-refractivity contribution >= 4 is 28.3 Å². The molecule has 0 bridgehead atoms. The van der Waals surface area contributed by atoms with E-state index >= 15 is 0 Å². The summed E-state index contributed by atoms with van der Waals surface area (Å²) in [5.74, 6) is -0.594. The van der Waals surface area contributed by atoms with E-state index in [1.54, 1.807) is 24.3 Å². The van der Waals surface area contributed by atoms with Crippen LogP contribution in [0.25, 0.3) is 33.4 Å². The Hall–Kier alpha value is -4.38. The second-order valence-electron chi connectivity index (χ2n) is 7.56. The van der Waals surface area contributed by atoms with E-state index in [1.807, 2.05) is 66.5 Å². The van der Waals surface area contributed by atoms with Gasteiger partial charge in [0.25, 0.3) is 0 Å². The van der Waals surface area contributed by atoms with Gasteiger partial charge in [0.2, 0.25) is 0 Å². The van der Waals surface area contributed by atoms with Gasteiger partial charge in [-0.05, 0) is 48.0 Å². The fourth-order valence-corrected chi connectivity index (χ4v) is 4.05. The predicted octanol–water partition coefficient (Wildman–Crippen LogP) is 6.03. The van der Waals surface area contributed by atoms with E-state index in [9.17, 15) is 14.7 Å². The van der Waals surface area contributed by atoms with Crippen LogP contribution in [-0.2, 0) is 0 Å². The van der Waals surface area contributed by atoms with Crippen molar-refractivity contribution < 1.29 is 14.3 Å².